The maximum absolute atomic E-state index is 12.8. The normalized spacial score (nSPS) is 19.3. The van der Waals surface area contributed by atoms with Gasteiger partial charge in [-0.25, -0.2) is 9.18 Å². The molecule has 0 saturated carbocycles. The Labute approximate surface area is 112 Å². The van der Waals surface area contributed by atoms with E-state index in [2.05, 4.69) is 5.32 Å². The molecule has 104 valence electrons. The van der Waals surface area contributed by atoms with E-state index >= 15 is 0 Å². The molecule has 1 heterocycles. The molecular weight excluding hydrogens is 247 g/mol. The Morgan fingerprint density at radius 2 is 2.11 bits per heavy atom. The van der Waals surface area contributed by atoms with Crippen LogP contribution in [0.4, 0.5) is 9.18 Å². The Morgan fingerprint density at radius 1 is 1.37 bits per heavy atom. The molecule has 0 spiro atoms. The van der Waals surface area contributed by atoms with Crippen LogP contribution in [0.1, 0.15) is 24.8 Å². The number of rotatable bonds is 3. The van der Waals surface area contributed by atoms with Gasteiger partial charge in [-0.2, -0.15) is 0 Å². The summed E-state index contributed by atoms with van der Waals surface area (Å²) < 4.78 is 12.8. The summed E-state index contributed by atoms with van der Waals surface area (Å²) >= 11 is 0. The van der Waals surface area contributed by atoms with E-state index in [0.29, 0.717) is 13.1 Å². The number of carbonyl (C=O) groups excluding carboxylic acids is 1. The number of hydrogen-bond donors (Lipinski definition) is 2. The molecule has 2 amide bonds. The first-order valence-electron chi connectivity index (χ1n) is 6.60. The zero-order valence-corrected chi connectivity index (χ0v) is 10.8. The summed E-state index contributed by atoms with van der Waals surface area (Å²) in [5.41, 5.74) is 0.854. The summed E-state index contributed by atoms with van der Waals surface area (Å²) in [6.07, 6.45) is 2.87. The van der Waals surface area contributed by atoms with Crippen molar-refractivity contribution in [3.8, 4) is 0 Å². The molecule has 1 aliphatic rings. The molecule has 0 radical (unpaired) electrons. The topological polar surface area (TPSA) is 52.6 Å². The molecule has 2 N–H and O–H groups in total. The molecule has 1 aromatic rings. The number of nitrogens with zero attached hydrogens (tertiary/aromatic N) is 1. The Hall–Kier alpha value is -1.62. The van der Waals surface area contributed by atoms with Crippen molar-refractivity contribution in [1.82, 2.24) is 10.2 Å². The molecule has 1 saturated heterocycles. The lowest BCUT2D eigenvalue weighted by Gasteiger charge is -2.34. The summed E-state index contributed by atoms with van der Waals surface area (Å²) in [5, 5.41) is 12.1. The van der Waals surface area contributed by atoms with Crippen LogP contribution in [0.15, 0.2) is 24.3 Å². The Kier molecular flexibility index (Phi) is 4.74. The number of halogens is 1. The van der Waals surface area contributed by atoms with Crippen molar-refractivity contribution in [1.29, 1.82) is 0 Å². The third-order valence-corrected chi connectivity index (χ3v) is 3.46. The standard InChI is InChI=1S/C14H19FN2O2/c15-12-6-4-11(5-7-12)9-16-14(19)17-8-2-1-3-13(17)10-18/h4-7,13,18H,1-3,8-10H2,(H,16,19)/t13-/m0/s1. The lowest BCUT2D eigenvalue weighted by atomic mass is 10.0. The minimum absolute atomic E-state index is 0.00394. The van der Waals surface area contributed by atoms with Gasteiger partial charge in [0, 0.05) is 13.1 Å². The first-order chi connectivity index (χ1) is 9.20. The molecular formula is C14H19FN2O2. The number of hydrogen-bond acceptors (Lipinski definition) is 2. The van der Waals surface area contributed by atoms with E-state index in [1.807, 2.05) is 0 Å². The summed E-state index contributed by atoms with van der Waals surface area (Å²) in [6, 6.07) is 5.80. The predicted molar refractivity (Wildman–Crippen MR) is 70.1 cm³/mol. The van der Waals surface area contributed by atoms with Gasteiger partial charge in [-0.1, -0.05) is 12.1 Å². The van der Waals surface area contributed by atoms with Crippen molar-refractivity contribution >= 4 is 6.03 Å². The van der Waals surface area contributed by atoms with Gasteiger partial charge in [-0.05, 0) is 37.0 Å². The van der Waals surface area contributed by atoms with E-state index in [1.54, 1.807) is 17.0 Å². The van der Waals surface area contributed by atoms with Crippen LogP contribution in [-0.2, 0) is 6.54 Å². The smallest absolute Gasteiger partial charge is 0.317 e. The third kappa shape index (κ3) is 3.67. The van der Waals surface area contributed by atoms with Crippen molar-refractivity contribution in [2.75, 3.05) is 13.2 Å². The lowest BCUT2D eigenvalue weighted by molar-refractivity contribution is 0.108. The fourth-order valence-corrected chi connectivity index (χ4v) is 2.34. The first-order valence-corrected chi connectivity index (χ1v) is 6.60. The minimum atomic E-state index is -0.286. The second-order valence-electron chi connectivity index (χ2n) is 4.81. The van der Waals surface area contributed by atoms with Crippen LogP contribution in [0, 0.1) is 5.82 Å². The third-order valence-electron chi connectivity index (χ3n) is 3.46. The summed E-state index contributed by atoms with van der Waals surface area (Å²) in [4.78, 5) is 13.7. The summed E-state index contributed by atoms with van der Waals surface area (Å²) in [6.45, 7) is 1.05. The minimum Gasteiger partial charge on any atom is -0.394 e. The van der Waals surface area contributed by atoms with Gasteiger partial charge in [0.2, 0.25) is 0 Å². The van der Waals surface area contributed by atoms with E-state index in [0.717, 1.165) is 24.8 Å². The van der Waals surface area contributed by atoms with E-state index in [9.17, 15) is 14.3 Å². The number of aliphatic hydroxyl groups is 1. The largest absolute Gasteiger partial charge is 0.394 e. The monoisotopic (exact) mass is 266 g/mol. The highest BCUT2D eigenvalue weighted by molar-refractivity contribution is 5.74. The average molecular weight is 266 g/mol. The highest BCUT2D eigenvalue weighted by Crippen LogP contribution is 2.16. The molecule has 1 fully saturated rings. The fraction of sp³-hybridized carbons (Fsp3) is 0.500. The zero-order chi connectivity index (χ0) is 13.7. The van der Waals surface area contributed by atoms with Crippen LogP contribution >= 0.6 is 0 Å². The highest BCUT2D eigenvalue weighted by atomic mass is 19.1. The van der Waals surface area contributed by atoms with Crippen molar-refractivity contribution in [2.45, 2.75) is 31.8 Å². The van der Waals surface area contributed by atoms with Crippen LogP contribution in [0.25, 0.3) is 0 Å². The van der Waals surface area contributed by atoms with Gasteiger partial charge in [0.1, 0.15) is 5.82 Å². The van der Waals surface area contributed by atoms with Gasteiger partial charge in [0.25, 0.3) is 0 Å². The van der Waals surface area contributed by atoms with Crippen LogP contribution in [0.5, 0.6) is 0 Å². The second-order valence-corrected chi connectivity index (χ2v) is 4.81. The molecule has 1 atom stereocenters. The molecule has 2 rings (SSSR count). The number of benzene rings is 1. The number of urea groups is 1. The van der Waals surface area contributed by atoms with Gasteiger partial charge in [0.05, 0.1) is 12.6 Å². The highest BCUT2D eigenvalue weighted by Gasteiger charge is 2.25. The van der Waals surface area contributed by atoms with Crippen molar-refractivity contribution in [2.24, 2.45) is 0 Å². The second kappa shape index (κ2) is 6.52. The molecule has 1 aliphatic heterocycles. The molecule has 0 aromatic heterocycles. The van der Waals surface area contributed by atoms with E-state index in [1.165, 1.54) is 12.1 Å². The summed E-state index contributed by atoms with van der Waals surface area (Å²) in [7, 11) is 0. The molecule has 4 nitrogen and oxygen atoms in total. The van der Waals surface area contributed by atoms with Gasteiger partial charge >= 0.3 is 6.03 Å². The van der Waals surface area contributed by atoms with E-state index in [4.69, 9.17) is 0 Å². The van der Waals surface area contributed by atoms with Crippen LogP contribution in [0.2, 0.25) is 0 Å². The van der Waals surface area contributed by atoms with Crippen LogP contribution in [-0.4, -0.2) is 35.2 Å². The molecule has 0 aliphatic carbocycles. The van der Waals surface area contributed by atoms with Gasteiger partial charge < -0.3 is 15.3 Å². The van der Waals surface area contributed by atoms with Crippen molar-refractivity contribution < 1.29 is 14.3 Å². The van der Waals surface area contributed by atoms with Gasteiger partial charge in [-0.3, -0.25) is 0 Å². The van der Waals surface area contributed by atoms with Crippen LogP contribution < -0.4 is 5.32 Å². The lowest BCUT2D eigenvalue weighted by Crippen LogP contribution is -2.49. The zero-order valence-electron chi connectivity index (χ0n) is 10.8. The number of carbonyl (C=O) groups is 1. The molecule has 19 heavy (non-hydrogen) atoms. The molecule has 1 aromatic carbocycles. The maximum atomic E-state index is 12.8. The van der Waals surface area contributed by atoms with E-state index in [-0.39, 0.29) is 24.5 Å². The predicted octanol–water partition coefficient (Wildman–Crippen LogP) is 1.88. The SMILES string of the molecule is O=C(NCc1ccc(F)cc1)N1CCCC[C@H]1CO. The first kappa shape index (κ1) is 13.8. The molecule has 0 bridgehead atoms. The summed E-state index contributed by atoms with van der Waals surface area (Å²) in [5.74, 6) is -0.286. The average Bonchev–Trinajstić information content (AvgIpc) is 2.46. The molecule has 5 heteroatoms. The number of amides is 2. The van der Waals surface area contributed by atoms with E-state index < -0.39 is 0 Å². The quantitative estimate of drug-likeness (QED) is 0.877. The maximum Gasteiger partial charge on any atom is 0.317 e. The van der Waals surface area contributed by atoms with Crippen molar-refractivity contribution in [3.05, 3.63) is 35.6 Å². The number of piperidine rings is 1. The van der Waals surface area contributed by atoms with Gasteiger partial charge in [0.15, 0.2) is 0 Å². The number of likely N-dealkylation sites (tertiary alicyclic amines) is 1. The number of nitrogens with one attached hydrogen (secondary N) is 1. The fourth-order valence-electron chi connectivity index (χ4n) is 2.34. The Bertz CT molecular complexity index is 422. The van der Waals surface area contributed by atoms with Crippen molar-refractivity contribution in [3.63, 3.8) is 0 Å². The Balaban J connectivity index is 1.87. The van der Waals surface area contributed by atoms with Crippen LogP contribution in [0.3, 0.4) is 0 Å². The number of aliphatic hydroxyl groups excluding tert-OH is 1. The molecule has 0 unspecified atom stereocenters. The Morgan fingerprint density at radius 3 is 2.79 bits per heavy atom. The van der Waals surface area contributed by atoms with Gasteiger partial charge in [-0.15, -0.1) is 0 Å².